The van der Waals surface area contributed by atoms with Gasteiger partial charge in [0.2, 0.25) is 11.4 Å². The fourth-order valence-electron chi connectivity index (χ4n) is 5.82. The predicted octanol–water partition coefficient (Wildman–Crippen LogP) is 11.5. The van der Waals surface area contributed by atoms with E-state index in [1.165, 1.54) is 124 Å². The number of hydrogen-bond donors (Lipinski definition) is 0. The topological polar surface area (TPSA) is 3.88 Å². The van der Waals surface area contributed by atoms with Crippen LogP contribution in [0.3, 0.4) is 0 Å². The van der Waals surface area contributed by atoms with Gasteiger partial charge in [0.05, 0.1) is 0 Å². The van der Waals surface area contributed by atoms with Gasteiger partial charge in [-0.1, -0.05) is 151 Å². The minimum atomic E-state index is 1.04. The lowest BCUT2D eigenvalue weighted by Gasteiger charge is -2.13. The van der Waals surface area contributed by atoms with Crippen LogP contribution in [0.2, 0.25) is 0 Å². The number of rotatable bonds is 18. The second-order valence-corrected chi connectivity index (χ2v) is 11.4. The van der Waals surface area contributed by atoms with Gasteiger partial charge < -0.3 is 0 Å². The van der Waals surface area contributed by atoms with Crippen LogP contribution in [-0.4, -0.2) is 0 Å². The molecule has 210 valence electrons. The molecule has 1 nitrogen and oxygen atoms in total. The van der Waals surface area contributed by atoms with Crippen molar-refractivity contribution in [1.29, 1.82) is 0 Å². The van der Waals surface area contributed by atoms with Gasteiger partial charge in [0.15, 0.2) is 0 Å². The Labute approximate surface area is 244 Å². The lowest BCUT2D eigenvalue weighted by atomic mass is 9.98. The van der Waals surface area contributed by atoms with Gasteiger partial charge in [-0.2, -0.15) is 4.57 Å². The summed E-state index contributed by atoms with van der Waals surface area (Å²) >= 11 is 0. The summed E-state index contributed by atoms with van der Waals surface area (Å²) in [6, 6.07) is 37.4. The molecule has 0 N–H and O–H groups in total. The third-order valence-electron chi connectivity index (χ3n) is 8.15. The van der Waals surface area contributed by atoms with Crippen molar-refractivity contribution in [2.45, 2.75) is 103 Å². The Bertz CT molecular complexity index is 1150. The van der Waals surface area contributed by atoms with E-state index in [1.807, 2.05) is 0 Å². The standard InChI is InChI=1S/C39H50N/c1-2-3-4-5-6-7-8-9-10-11-12-13-14-24-31-40-38(35-27-20-16-21-28-35)32-37(34-25-18-15-19-26-34)33-39(40)36-29-22-17-23-30-36/h15-23,25-30,32-33H,2-14,24,31H2,1H3/q+1. The van der Waals surface area contributed by atoms with E-state index >= 15 is 0 Å². The molecule has 0 aliphatic heterocycles. The number of pyridine rings is 1. The molecule has 1 heterocycles. The number of benzene rings is 3. The maximum Gasteiger partial charge on any atom is 0.213 e. The first-order chi connectivity index (χ1) is 19.9. The van der Waals surface area contributed by atoms with Crippen molar-refractivity contribution in [3.63, 3.8) is 0 Å². The summed E-state index contributed by atoms with van der Waals surface area (Å²) in [7, 11) is 0. The third-order valence-corrected chi connectivity index (χ3v) is 8.15. The molecular weight excluding hydrogens is 482 g/mol. The molecule has 4 aromatic rings. The molecule has 0 aliphatic rings. The van der Waals surface area contributed by atoms with E-state index in [4.69, 9.17) is 0 Å². The SMILES string of the molecule is CCCCCCCCCCCCCCCC[n+]1c(-c2ccccc2)cc(-c2ccccc2)cc1-c1ccccc1. The molecule has 1 aromatic heterocycles. The zero-order chi connectivity index (χ0) is 27.7. The summed E-state index contributed by atoms with van der Waals surface area (Å²) in [4.78, 5) is 0. The molecule has 0 amide bonds. The first kappa shape index (κ1) is 29.8. The van der Waals surface area contributed by atoms with Crippen LogP contribution >= 0.6 is 0 Å². The van der Waals surface area contributed by atoms with Crippen molar-refractivity contribution in [2.75, 3.05) is 0 Å². The van der Waals surface area contributed by atoms with Gasteiger partial charge in [-0.05, 0) is 41.8 Å². The smallest absolute Gasteiger partial charge is 0.191 e. The van der Waals surface area contributed by atoms with Crippen LogP contribution in [0.15, 0.2) is 103 Å². The normalized spacial score (nSPS) is 11.1. The minimum absolute atomic E-state index is 1.04. The number of unbranched alkanes of at least 4 members (excludes halogenated alkanes) is 13. The highest BCUT2D eigenvalue weighted by molar-refractivity contribution is 5.73. The van der Waals surface area contributed by atoms with E-state index in [0.717, 1.165) is 6.54 Å². The average Bonchev–Trinajstić information content (AvgIpc) is 3.02. The Balaban J connectivity index is 1.38. The van der Waals surface area contributed by atoms with Crippen molar-refractivity contribution in [2.24, 2.45) is 0 Å². The van der Waals surface area contributed by atoms with Crippen LogP contribution in [0, 0.1) is 0 Å². The Hall–Kier alpha value is -3.19. The maximum atomic E-state index is 2.57. The zero-order valence-electron chi connectivity index (χ0n) is 24.9. The van der Waals surface area contributed by atoms with Gasteiger partial charge in [-0.15, -0.1) is 0 Å². The van der Waals surface area contributed by atoms with Crippen LogP contribution < -0.4 is 4.57 Å². The summed E-state index contributed by atoms with van der Waals surface area (Å²) < 4.78 is 2.57. The van der Waals surface area contributed by atoms with Gasteiger partial charge in [-0.25, -0.2) is 0 Å². The highest BCUT2D eigenvalue weighted by Crippen LogP contribution is 2.29. The third kappa shape index (κ3) is 9.47. The monoisotopic (exact) mass is 532 g/mol. The number of aromatic nitrogens is 1. The lowest BCUT2D eigenvalue weighted by Crippen LogP contribution is -2.39. The molecule has 0 fully saturated rings. The molecule has 0 atom stereocenters. The van der Waals surface area contributed by atoms with E-state index in [9.17, 15) is 0 Å². The quantitative estimate of drug-likeness (QED) is 0.0886. The second kappa shape index (κ2) is 17.5. The summed E-state index contributed by atoms with van der Waals surface area (Å²) in [5.41, 5.74) is 7.70. The van der Waals surface area contributed by atoms with Crippen molar-refractivity contribution in [3.05, 3.63) is 103 Å². The van der Waals surface area contributed by atoms with Crippen molar-refractivity contribution in [3.8, 4) is 33.6 Å². The van der Waals surface area contributed by atoms with Crippen molar-refractivity contribution >= 4 is 0 Å². The molecule has 4 rings (SSSR count). The minimum Gasteiger partial charge on any atom is -0.191 e. The Morgan fingerprint density at radius 3 is 1.12 bits per heavy atom. The summed E-state index contributed by atoms with van der Waals surface area (Å²) in [5.74, 6) is 0. The molecular formula is C39H50N+. The van der Waals surface area contributed by atoms with E-state index < -0.39 is 0 Å². The Morgan fingerprint density at radius 1 is 0.375 bits per heavy atom. The summed E-state index contributed by atoms with van der Waals surface area (Å²) in [6.07, 6.45) is 19.5. The first-order valence-electron chi connectivity index (χ1n) is 16.1. The highest BCUT2D eigenvalue weighted by Gasteiger charge is 2.22. The van der Waals surface area contributed by atoms with Crippen molar-refractivity contribution in [1.82, 2.24) is 0 Å². The second-order valence-electron chi connectivity index (χ2n) is 11.4. The molecule has 0 bridgehead atoms. The Morgan fingerprint density at radius 2 is 0.725 bits per heavy atom. The van der Waals surface area contributed by atoms with Gasteiger partial charge in [0.25, 0.3) is 0 Å². The molecule has 0 unspecified atom stereocenters. The largest absolute Gasteiger partial charge is 0.213 e. The van der Waals surface area contributed by atoms with Gasteiger partial charge >= 0.3 is 0 Å². The van der Waals surface area contributed by atoms with Crippen LogP contribution in [0.1, 0.15) is 96.8 Å². The molecule has 1 heteroatoms. The average molecular weight is 533 g/mol. The first-order valence-corrected chi connectivity index (χ1v) is 16.1. The maximum absolute atomic E-state index is 2.57. The molecule has 40 heavy (non-hydrogen) atoms. The Kier molecular flexibility index (Phi) is 13.0. The van der Waals surface area contributed by atoms with E-state index in [0.29, 0.717) is 0 Å². The van der Waals surface area contributed by atoms with E-state index in [1.54, 1.807) is 0 Å². The lowest BCUT2D eigenvalue weighted by molar-refractivity contribution is -0.675. The van der Waals surface area contributed by atoms with Crippen LogP contribution in [0.25, 0.3) is 33.6 Å². The zero-order valence-corrected chi connectivity index (χ0v) is 24.9. The van der Waals surface area contributed by atoms with Crippen LogP contribution in [0.5, 0.6) is 0 Å². The predicted molar refractivity (Wildman–Crippen MR) is 173 cm³/mol. The summed E-state index contributed by atoms with van der Waals surface area (Å²) in [5, 5.41) is 0. The van der Waals surface area contributed by atoms with Gasteiger partial charge in [0.1, 0.15) is 6.54 Å². The van der Waals surface area contributed by atoms with Gasteiger partial charge in [-0.3, -0.25) is 0 Å². The molecule has 3 aromatic carbocycles. The molecule has 0 saturated carbocycles. The number of nitrogens with zero attached hydrogens (tertiary/aromatic N) is 1. The van der Waals surface area contributed by atoms with Crippen LogP contribution in [-0.2, 0) is 6.54 Å². The molecule has 0 saturated heterocycles. The van der Waals surface area contributed by atoms with Gasteiger partial charge in [0, 0.05) is 29.7 Å². The van der Waals surface area contributed by atoms with E-state index in [2.05, 4.69) is 115 Å². The molecule has 0 aliphatic carbocycles. The molecule has 0 spiro atoms. The van der Waals surface area contributed by atoms with Crippen LogP contribution in [0.4, 0.5) is 0 Å². The number of hydrogen-bond acceptors (Lipinski definition) is 0. The molecule has 0 radical (unpaired) electrons. The summed E-state index contributed by atoms with van der Waals surface area (Å²) in [6.45, 7) is 3.34. The highest BCUT2D eigenvalue weighted by atomic mass is 15.0. The fraction of sp³-hybridized carbons (Fsp3) is 0.410. The van der Waals surface area contributed by atoms with E-state index in [-0.39, 0.29) is 0 Å². The van der Waals surface area contributed by atoms with Crippen molar-refractivity contribution < 1.29 is 4.57 Å². The fourth-order valence-corrected chi connectivity index (χ4v) is 5.82.